The summed E-state index contributed by atoms with van der Waals surface area (Å²) in [4.78, 5) is 18.9. The summed E-state index contributed by atoms with van der Waals surface area (Å²) in [5.41, 5.74) is 1.44. The lowest BCUT2D eigenvalue weighted by atomic mass is 10.0. The molecular formula is C29H31ClN6O3. The number of H-pyrrole nitrogens is 1. The highest BCUT2D eigenvalue weighted by molar-refractivity contribution is 6.31. The van der Waals surface area contributed by atoms with Gasteiger partial charge >= 0.3 is 0 Å². The van der Waals surface area contributed by atoms with Gasteiger partial charge in [0.1, 0.15) is 17.6 Å². The van der Waals surface area contributed by atoms with Gasteiger partial charge < -0.3 is 14.1 Å². The molecule has 0 aliphatic heterocycles. The van der Waals surface area contributed by atoms with E-state index in [9.17, 15) is 4.79 Å². The Balaban J connectivity index is 1.73. The number of fused-ring (bicyclic) bond motifs is 1. The van der Waals surface area contributed by atoms with Gasteiger partial charge in [-0.05, 0) is 86.1 Å². The zero-order valence-corrected chi connectivity index (χ0v) is 23.1. The lowest BCUT2D eigenvalue weighted by molar-refractivity contribution is 0.171. The highest BCUT2D eigenvalue weighted by Gasteiger charge is 2.34. The van der Waals surface area contributed by atoms with E-state index < -0.39 is 11.6 Å². The first-order chi connectivity index (χ1) is 18.7. The number of benzene rings is 2. The normalized spacial score (nSPS) is 12.8. The Morgan fingerprint density at radius 2 is 1.92 bits per heavy atom. The fourth-order valence-corrected chi connectivity index (χ4v) is 4.88. The molecule has 5 rings (SSSR count). The van der Waals surface area contributed by atoms with Crippen LogP contribution >= 0.6 is 11.6 Å². The topological polar surface area (TPSA) is 102 Å². The van der Waals surface area contributed by atoms with Crippen LogP contribution in [0.5, 0.6) is 5.75 Å². The van der Waals surface area contributed by atoms with Crippen molar-refractivity contribution in [2.75, 3.05) is 6.61 Å². The molecule has 5 aromatic rings. The van der Waals surface area contributed by atoms with Crippen molar-refractivity contribution in [2.24, 2.45) is 0 Å². The summed E-state index contributed by atoms with van der Waals surface area (Å²) in [5, 5.41) is 14.3. The Morgan fingerprint density at radius 1 is 1.10 bits per heavy atom. The SMILES string of the molecule is CCOc1ccc2[nH]c(=O)c([C@H](c3nnnn3C(C)(C)C)N(Cc3ccco3)Cc3ccccc3Cl)cc2c1. The van der Waals surface area contributed by atoms with Gasteiger partial charge in [-0.3, -0.25) is 9.69 Å². The Bertz CT molecular complexity index is 1620. The number of aromatic nitrogens is 5. The fraction of sp³-hybridized carbons (Fsp3) is 0.310. The van der Waals surface area contributed by atoms with Gasteiger partial charge in [-0.15, -0.1) is 5.10 Å². The molecular weight excluding hydrogens is 516 g/mol. The van der Waals surface area contributed by atoms with Crippen LogP contribution in [0.1, 0.15) is 56.4 Å². The Hall–Kier alpha value is -3.95. The summed E-state index contributed by atoms with van der Waals surface area (Å²) in [7, 11) is 0. The molecule has 1 N–H and O–H groups in total. The van der Waals surface area contributed by atoms with Gasteiger partial charge in [-0.25, -0.2) is 4.68 Å². The molecule has 1 atom stereocenters. The Labute approximate surface area is 231 Å². The molecule has 0 unspecified atom stereocenters. The van der Waals surface area contributed by atoms with E-state index in [1.165, 1.54) is 0 Å². The number of pyridine rings is 1. The minimum atomic E-state index is -0.635. The third kappa shape index (κ3) is 5.74. The van der Waals surface area contributed by atoms with Crippen LogP contribution < -0.4 is 10.3 Å². The van der Waals surface area contributed by atoms with Crippen molar-refractivity contribution in [3.05, 3.63) is 105 Å². The number of hydrogen-bond donors (Lipinski definition) is 1. The van der Waals surface area contributed by atoms with Gasteiger partial charge in [0.25, 0.3) is 5.56 Å². The minimum absolute atomic E-state index is 0.233. The molecule has 2 aromatic carbocycles. The number of tetrazole rings is 1. The Morgan fingerprint density at radius 3 is 2.64 bits per heavy atom. The first kappa shape index (κ1) is 26.6. The van der Waals surface area contributed by atoms with Gasteiger partial charge in [0, 0.05) is 28.0 Å². The summed E-state index contributed by atoms with van der Waals surface area (Å²) < 4.78 is 13.2. The van der Waals surface area contributed by atoms with Gasteiger partial charge in [-0.1, -0.05) is 29.8 Å². The van der Waals surface area contributed by atoms with E-state index in [-0.39, 0.29) is 5.56 Å². The second-order valence-corrected chi connectivity index (χ2v) is 10.7. The molecule has 0 aliphatic rings. The fourth-order valence-electron chi connectivity index (χ4n) is 4.69. The third-order valence-electron chi connectivity index (χ3n) is 6.46. The van der Waals surface area contributed by atoms with Crippen molar-refractivity contribution in [1.29, 1.82) is 0 Å². The lowest BCUT2D eigenvalue weighted by Crippen LogP contribution is -2.37. The molecule has 0 radical (unpaired) electrons. The summed E-state index contributed by atoms with van der Waals surface area (Å²) in [6.45, 7) is 9.34. The predicted molar refractivity (Wildman–Crippen MR) is 150 cm³/mol. The summed E-state index contributed by atoms with van der Waals surface area (Å²) in [6, 6.07) is 18.3. The molecule has 9 nitrogen and oxygen atoms in total. The van der Waals surface area contributed by atoms with Crippen molar-refractivity contribution in [3.8, 4) is 5.75 Å². The molecule has 0 spiro atoms. The number of furan rings is 1. The first-order valence-electron chi connectivity index (χ1n) is 12.8. The van der Waals surface area contributed by atoms with E-state index >= 15 is 0 Å². The lowest BCUT2D eigenvalue weighted by Gasteiger charge is -2.32. The first-order valence-corrected chi connectivity index (χ1v) is 13.2. The second-order valence-electron chi connectivity index (χ2n) is 10.3. The van der Waals surface area contributed by atoms with E-state index in [1.807, 2.05) is 88.4 Å². The molecule has 0 saturated carbocycles. The Kier molecular flexibility index (Phi) is 7.54. The molecule has 3 heterocycles. The zero-order valence-electron chi connectivity index (χ0n) is 22.4. The second kappa shape index (κ2) is 11.0. The van der Waals surface area contributed by atoms with Crippen LogP contribution in [-0.4, -0.2) is 36.7 Å². The van der Waals surface area contributed by atoms with Crippen LogP contribution in [0.4, 0.5) is 0 Å². The van der Waals surface area contributed by atoms with Crippen LogP contribution in [0.3, 0.4) is 0 Å². The predicted octanol–water partition coefficient (Wildman–Crippen LogP) is 5.71. The number of aromatic amines is 1. The van der Waals surface area contributed by atoms with E-state index in [0.717, 1.165) is 22.5 Å². The van der Waals surface area contributed by atoms with Crippen LogP contribution in [0.2, 0.25) is 5.02 Å². The summed E-state index contributed by atoms with van der Waals surface area (Å²) in [6.07, 6.45) is 1.63. The standard InChI is InChI=1S/C29H31ClN6O3/c1-5-38-21-12-13-25-20(15-21)16-23(28(37)31-25)26(27-32-33-34-36(27)29(2,3)4)35(18-22-10-8-14-39-22)17-19-9-6-7-11-24(19)30/h6-16,26H,5,17-18H2,1-4H3,(H,31,37)/t26-/m1/s1. The number of nitrogens with one attached hydrogen (secondary N) is 1. The van der Waals surface area contributed by atoms with Crippen molar-refractivity contribution in [3.63, 3.8) is 0 Å². The van der Waals surface area contributed by atoms with Gasteiger partial charge in [-0.2, -0.15) is 0 Å². The number of ether oxygens (including phenoxy) is 1. The van der Waals surface area contributed by atoms with Crippen LogP contribution in [0.15, 0.2) is 76.1 Å². The van der Waals surface area contributed by atoms with Crippen molar-refractivity contribution in [1.82, 2.24) is 30.1 Å². The van der Waals surface area contributed by atoms with Crippen LogP contribution in [0, 0.1) is 0 Å². The van der Waals surface area contributed by atoms with E-state index in [2.05, 4.69) is 25.4 Å². The molecule has 10 heteroatoms. The molecule has 0 fully saturated rings. The largest absolute Gasteiger partial charge is 0.494 e. The maximum absolute atomic E-state index is 13.7. The van der Waals surface area contributed by atoms with E-state index in [0.29, 0.717) is 41.6 Å². The summed E-state index contributed by atoms with van der Waals surface area (Å²) >= 11 is 6.61. The van der Waals surface area contributed by atoms with Gasteiger partial charge in [0.2, 0.25) is 0 Å². The van der Waals surface area contributed by atoms with E-state index in [1.54, 1.807) is 10.9 Å². The van der Waals surface area contributed by atoms with Gasteiger partial charge in [0.05, 0.1) is 25.0 Å². The quantitative estimate of drug-likeness (QED) is 0.253. The third-order valence-corrected chi connectivity index (χ3v) is 6.83. The van der Waals surface area contributed by atoms with Crippen molar-refractivity contribution < 1.29 is 9.15 Å². The smallest absolute Gasteiger partial charge is 0.253 e. The minimum Gasteiger partial charge on any atom is -0.494 e. The summed E-state index contributed by atoms with van der Waals surface area (Å²) in [5.74, 6) is 1.99. The zero-order chi connectivity index (χ0) is 27.6. The average molecular weight is 547 g/mol. The monoisotopic (exact) mass is 546 g/mol. The number of rotatable bonds is 9. The maximum Gasteiger partial charge on any atom is 0.253 e. The van der Waals surface area contributed by atoms with Crippen molar-refractivity contribution >= 4 is 22.5 Å². The molecule has 202 valence electrons. The number of hydrogen-bond acceptors (Lipinski definition) is 7. The molecule has 3 aromatic heterocycles. The molecule has 0 aliphatic carbocycles. The van der Waals surface area contributed by atoms with Crippen LogP contribution in [0.25, 0.3) is 10.9 Å². The highest BCUT2D eigenvalue weighted by Crippen LogP contribution is 2.33. The van der Waals surface area contributed by atoms with Crippen LogP contribution in [-0.2, 0) is 18.6 Å². The van der Waals surface area contributed by atoms with E-state index in [4.69, 9.17) is 20.8 Å². The molecule has 0 amide bonds. The average Bonchev–Trinajstić information content (AvgIpc) is 3.59. The molecule has 39 heavy (non-hydrogen) atoms. The molecule has 0 saturated heterocycles. The maximum atomic E-state index is 13.7. The number of halogens is 1. The van der Waals surface area contributed by atoms with Gasteiger partial charge in [0.15, 0.2) is 5.82 Å². The highest BCUT2D eigenvalue weighted by atomic mass is 35.5. The number of nitrogens with zero attached hydrogens (tertiary/aromatic N) is 5. The van der Waals surface area contributed by atoms with Crippen molar-refractivity contribution in [2.45, 2.75) is 52.4 Å². The molecule has 0 bridgehead atoms.